The Bertz CT molecular complexity index is 1860. The van der Waals surface area contributed by atoms with Crippen molar-refractivity contribution in [1.29, 1.82) is 0 Å². The lowest BCUT2D eigenvalue weighted by molar-refractivity contribution is -0.152. The van der Waals surface area contributed by atoms with E-state index in [0.717, 1.165) is 33.6 Å². The van der Waals surface area contributed by atoms with E-state index in [1.165, 1.54) is 4.90 Å². The molecule has 3 amide bonds. The summed E-state index contributed by atoms with van der Waals surface area (Å²) in [5, 5.41) is 5.35. The van der Waals surface area contributed by atoms with Crippen molar-refractivity contribution in [1.82, 2.24) is 35.5 Å². The van der Waals surface area contributed by atoms with Crippen molar-refractivity contribution in [3.05, 3.63) is 72.6 Å². The van der Waals surface area contributed by atoms with Gasteiger partial charge < -0.3 is 25.3 Å². The molecular weight excluding hydrogens is 622 g/mol. The number of ether oxygens (including phenoxy) is 1. The van der Waals surface area contributed by atoms with Gasteiger partial charge in [0.1, 0.15) is 11.6 Å². The van der Waals surface area contributed by atoms with Crippen LogP contribution in [-0.2, 0) is 23.9 Å². The zero-order valence-electron chi connectivity index (χ0n) is 29.5. The van der Waals surface area contributed by atoms with Gasteiger partial charge in [-0.15, -0.1) is 0 Å². The number of nitrogens with zero attached hydrogens (tertiary/aromatic N) is 3. The number of aromatic nitrogens is 4. The zero-order valence-corrected chi connectivity index (χ0v) is 29.5. The molecule has 0 spiro atoms. The van der Waals surface area contributed by atoms with Crippen molar-refractivity contribution >= 4 is 23.7 Å². The second-order valence-corrected chi connectivity index (χ2v) is 14.9. The predicted molar refractivity (Wildman–Crippen MR) is 185 cm³/mol. The first-order chi connectivity index (χ1) is 22.9. The summed E-state index contributed by atoms with van der Waals surface area (Å²) >= 11 is 0. The summed E-state index contributed by atoms with van der Waals surface area (Å²) < 4.78 is 5.36. The van der Waals surface area contributed by atoms with E-state index >= 15 is 0 Å². The standard InChI is InChI=1S/C37H45N7O5/c1-10-38-31(45)32(46)43-27(35(2,3)4)29-39-19-25(41-29)23-15-11-21(12-16-23)22-13-17-24(18-14-22)26-20-40-30(42-26)28(36(5,6)7)44-33(47)34(48)49-37(44,8)9/h11-20,27-28H,10H2,1-9H3,(H,38,45)(H,39,41)(H,40,42)(H,43,46)/t27-,28-/m1/s1. The van der Waals surface area contributed by atoms with E-state index in [1.807, 2.05) is 90.1 Å². The minimum absolute atomic E-state index is 0.365. The molecule has 1 aliphatic rings. The molecule has 0 radical (unpaired) electrons. The molecule has 1 aliphatic heterocycles. The molecule has 0 unspecified atom stereocenters. The highest BCUT2D eigenvalue weighted by molar-refractivity contribution is 6.35. The second kappa shape index (κ2) is 13.0. The van der Waals surface area contributed by atoms with Crippen molar-refractivity contribution in [2.24, 2.45) is 10.8 Å². The van der Waals surface area contributed by atoms with Crippen LogP contribution < -0.4 is 10.6 Å². The van der Waals surface area contributed by atoms with Crippen LogP contribution in [0.4, 0.5) is 0 Å². The first kappa shape index (κ1) is 35.1. The highest BCUT2D eigenvalue weighted by Gasteiger charge is 2.53. The van der Waals surface area contributed by atoms with E-state index in [2.05, 4.69) is 30.6 Å². The average molecular weight is 668 g/mol. The Labute approximate surface area is 286 Å². The number of rotatable bonds is 8. The van der Waals surface area contributed by atoms with E-state index in [1.54, 1.807) is 33.2 Å². The van der Waals surface area contributed by atoms with Crippen molar-refractivity contribution in [3.63, 3.8) is 0 Å². The number of hydrogen-bond donors (Lipinski definition) is 4. The van der Waals surface area contributed by atoms with Crippen LogP contribution in [0, 0.1) is 10.8 Å². The molecule has 49 heavy (non-hydrogen) atoms. The Hall–Kier alpha value is -5.26. The summed E-state index contributed by atoms with van der Waals surface area (Å²) in [7, 11) is 0. The molecule has 0 bridgehead atoms. The number of carbonyl (C=O) groups excluding carboxylic acids is 4. The minimum atomic E-state index is -1.10. The van der Waals surface area contributed by atoms with E-state index in [9.17, 15) is 19.2 Å². The van der Waals surface area contributed by atoms with Crippen molar-refractivity contribution < 1.29 is 23.9 Å². The van der Waals surface area contributed by atoms with E-state index < -0.39 is 52.3 Å². The van der Waals surface area contributed by atoms with Crippen LogP contribution in [-0.4, -0.2) is 60.8 Å². The third kappa shape index (κ3) is 7.28. The van der Waals surface area contributed by atoms with Gasteiger partial charge >= 0.3 is 23.7 Å². The second-order valence-electron chi connectivity index (χ2n) is 14.9. The number of carbonyl (C=O) groups is 4. The molecule has 2 atom stereocenters. The average Bonchev–Trinajstić information content (AvgIpc) is 3.75. The molecular formula is C37H45N7O5. The number of aromatic amines is 2. The maximum Gasteiger partial charge on any atom is 0.399 e. The lowest BCUT2D eigenvalue weighted by Crippen LogP contribution is -2.48. The van der Waals surface area contributed by atoms with E-state index in [-0.39, 0.29) is 0 Å². The summed E-state index contributed by atoms with van der Waals surface area (Å²) in [5.74, 6) is -1.79. The molecule has 1 saturated heterocycles. The van der Waals surface area contributed by atoms with Crippen LogP contribution in [0.15, 0.2) is 60.9 Å². The zero-order chi connectivity index (χ0) is 35.9. The van der Waals surface area contributed by atoms with E-state index in [4.69, 9.17) is 4.74 Å². The lowest BCUT2D eigenvalue weighted by Gasteiger charge is -2.41. The molecule has 1 fully saturated rings. The third-order valence-corrected chi connectivity index (χ3v) is 8.53. The first-order valence-electron chi connectivity index (χ1n) is 16.4. The highest BCUT2D eigenvalue weighted by Crippen LogP contribution is 2.43. The van der Waals surface area contributed by atoms with Crippen molar-refractivity contribution in [2.45, 2.75) is 80.1 Å². The Kier molecular flexibility index (Phi) is 9.29. The van der Waals surface area contributed by atoms with Gasteiger partial charge in [0.05, 0.1) is 35.9 Å². The normalized spacial score (nSPS) is 15.9. The maximum absolute atomic E-state index is 12.8. The number of H-pyrrole nitrogens is 2. The van der Waals surface area contributed by atoms with Gasteiger partial charge in [-0.25, -0.2) is 14.8 Å². The number of hydrogen-bond acceptors (Lipinski definition) is 7. The summed E-state index contributed by atoms with van der Waals surface area (Å²) in [4.78, 5) is 66.9. The van der Waals surface area contributed by atoms with Crippen LogP contribution in [0.2, 0.25) is 0 Å². The number of nitrogens with one attached hydrogen (secondary N) is 4. The van der Waals surface area contributed by atoms with Crippen LogP contribution in [0.5, 0.6) is 0 Å². The Morgan fingerprint density at radius 3 is 1.67 bits per heavy atom. The smallest absolute Gasteiger partial charge is 0.399 e. The van der Waals surface area contributed by atoms with Gasteiger partial charge in [-0.1, -0.05) is 90.1 Å². The van der Waals surface area contributed by atoms with E-state index in [0.29, 0.717) is 18.2 Å². The van der Waals surface area contributed by atoms with Gasteiger partial charge in [0.2, 0.25) is 0 Å². The quantitative estimate of drug-likeness (QED) is 0.139. The summed E-state index contributed by atoms with van der Waals surface area (Å²) in [6.45, 7) is 17.4. The van der Waals surface area contributed by atoms with Crippen LogP contribution >= 0.6 is 0 Å². The molecule has 2 aromatic carbocycles. The predicted octanol–water partition coefficient (Wildman–Crippen LogP) is 5.68. The monoisotopic (exact) mass is 667 g/mol. The summed E-state index contributed by atoms with van der Waals surface area (Å²) in [6.07, 6.45) is 3.47. The van der Waals surface area contributed by atoms with Gasteiger partial charge in [-0.2, -0.15) is 0 Å². The maximum atomic E-state index is 12.8. The number of imidazole rings is 2. The highest BCUT2D eigenvalue weighted by atomic mass is 16.6. The minimum Gasteiger partial charge on any atom is -0.432 e. The summed E-state index contributed by atoms with van der Waals surface area (Å²) in [5.41, 5.74) is 3.51. The molecule has 5 rings (SSSR count). The largest absolute Gasteiger partial charge is 0.432 e. The summed E-state index contributed by atoms with van der Waals surface area (Å²) in [6, 6.07) is 15.1. The van der Waals surface area contributed by atoms with Crippen molar-refractivity contribution in [2.75, 3.05) is 6.54 Å². The fourth-order valence-electron chi connectivity index (χ4n) is 6.08. The Balaban J connectivity index is 1.32. The molecule has 12 nitrogen and oxygen atoms in total. The Morgan fingerprint density at radius 1 is 0.776 bits per heavy atom. The molecule has 4 aromatic rings. The first-order valence-corrected chi connectivity index (χ1v) is 16.4. The fourth-order valence-corrected chi connectivity index (χ4v) is 6.08. The van der Waals surface area contributed by atoms with Crippen LogP contribution in [0.3, 0.4) is 0 Å². The molecule has 4 N–H and O–H groups in total. The number of cyclic esters (lactones) is 1. The third-order valence-electron chi connectivity index (χ3n) is 8.53. The molecule has 12 heteroatoms. The number of amides is 3. The SMILES string of the molecule is CCNC(=O)C(=O)N[C@H](c1ncc(-c2ccc(-c3ccc(-c4cnc([C@@H](N5C(=O)C(=O)OC5(C)C)C(C)(C)C)[nH]4)cc3)cc2)[nH]1)C(C)(C)C. The number of esters is 1. The van der Waals surface area contributed by atoms with Crippen LogP contribution in [0.25, 0.3) is 33.6 Å². The molecule has 3 heterocycles. The molecule has 2 aromatic heterocycles. The van der Waals surface area contributed by atoms with Gasteiger partial charge in [0.25, 0.3) is 0 Å². The molecule has 0 saturated carbocycles. The van der Waals surface area contributed by atoms with Crippen molar-refractivity contribution in [3.8, 4) is 33.6 Å². The van der Waals surface area contributed by atoms with Gasteiger partial charge in [0, 0.05) is 6.54 Å². The lowest BCUT2D eigenvalue weighted by atomic mass is 9.84. The number of benzene rings is 2. The molecule has 258 valence electrons. The topological polar surface area (TPSA) is 162 Å². The Morgan fingerprint density at radius 2 is 1.24 bits per heavy atom. The van der Waals surface area contributed by atoms with Gasteiger partial charge in [-0.3, -0.25) is 19.3 Å². The van der Waals surface area contributed by atoms with Gasteiger partial charge in [0.15, 0.2) is 5.72 Å². The number of likely N-dealkylation sites (N-methyl/N-ethyl adjacent to an activating group) is 1. The molecule has 0 aliphatic carbocycles. The van der Waals surface area contributed by atoms with Gasteiger partial charge in [-0.05, 0) is 53.9 Å². The van der Waals surface area contributed by atoms with Crippen LogP contribution in [0.1, 0.15) is 86.0 Å². The fraction of sp³-hybridized carbons (Fsp3) is 0.405.